The number of amides is 1. The number of carbonyl (C=O) groups is 1. The third-order valence-electron chi connectivity index (χ3n) is 4.07. The lowest BCUT2D eigenvalue weighted by atomic mass is 10.1. The van der Waals surface area contributed by atoms with E-state index in [-0.39, 0.29) is 5.91 Å². The lowest BCUT2D eigenvalue weighted by molar-refractivity contribution is -0.120. The molecule has 3 rings (SSSR count). The van der Waals surface area contributed by atoms with Crippen LogP contribution in [-0.4, -0.2) is 33.4 Å². The number of nitrogens with one attached hydrogen (secondary N) is 2. The first-order chi connectivity index (χ1) is 12.5. The summed E-state index contributed by atoms with van der Waals surface area (Å²) in [4.78, 5) is 20.8. The fourth-order valence-corrected chi connectivity index (χ4v) is 2.77. The summed E-state index contributed by atoms with van der Waals surface area (Å²) in [5.74, 6) is 1.38. The van der Waals surface area contributed by atoms with Crippen LogP contribution in [0.4, 0.5) is 5.82 Å². The molecule has 0 fully saturated rings. The predicted octanol–water partition coefficient (Wildman–Crippen LogP) is 3.28. The molecule has 0 saturated carbocycles. The van der Waals surface area contributed by atoms with Gasteiger partial charge in [0.05, 0.1) is 6.20 Å². The van der Waals surface area contributed by atoms with E-state index in [2.05, 4.69) is 48.5 Å². The number of anilines is 1. The van der Waals surface area contributed by atoms with Crippen LogP contribution in [0.5, 0.6) is 0 Å². The normalized spacial score (nSPS) is 11.1. The van der Waals surface area contributed by atoms with Gasteiger partial charge in [-0.1, -0.05) is 37.6 Å². The standard InChI is InChI=1S/C20H25N5O/c1-14(2)12-23-18(26)7-8-22-20-19(16-6-4-5-15(3)11-16)24-17-13-21-9-10-25(17)20/h4-6,9-11,13-14,22H,7-8,12H2,1-3H3,(H,23,26). The number of benzene rings is 1. The minimum atomic E-state index is 0.0544. The third kappa shape index (κ3) is 4.20. The topological polar surface area (TPSA) is 71.3 Å². The maximum atomic E-state index is 12.0. The molecule has 0 radical (unpaired) electrons. The van der Waals surface area contributed by atoms with Gasteiger partial charge in [-0.05, 0) is 18.9 Å². The number of rotatable bonds is 7. The second kappa shape index (κ2) is 7.99. The van der Waals surface area contributed by atoms with E-state index in [1.54, 1.807) is 12.4 Å². The van der Waals surface area contributed by atoms with Crippen molar-refractivity contribution < 1.29 is 4.79 Å². The van der Waals surface area contributed by atoms with Crippen LogP contribution in [0.3, 0.4) is 0 Å². The molecule has 6 nitrogen and oxygen atoms in total. The zero-order valence-electron chi connectivity index (χ0n) is 15.5. The number of hydrogen-bond acceptors (Lipinski definition) is 4. The molecule has 0 spiro atoms. The lowest BCUT2D eigenvalue weighted by Crippen LogP contribution is -2.28. The van der Waals surface area contributed by atoms with E-state index in [0.29, 0.717) is 25.4 Å². The Balaban J connectivity index is 1.80. The van der Waals surface area contributed by atoms with E-state index in [1.165, 1.54) is 5.56 Å². The summed E-state index contributed by atoms with van der Waals surface area (Å²) in [5.41, 5.74) is 3.86. The average Bonchev–Trinajstić information content (AvgIpc) is 2.99. The molecular formula is C20H25N5O. The Labute approximate surface area is 153 Å². The van der Waals surface area contributed by atoms with Gasteiger partial charge in [0, 0.05) is 37.5 Å². The minimum Gasteiger partial charge on any atom is -0.369 e. The van der Waals surface area contributed by atoms with Crippen LogP contribution in [-0.2, 0) is 4.79 Å². The monoisotopic (exact) mass is 351 g/mol. The average molecular weight is 351 g/mol. The van der Waals surface area contributed by atoms with Gasteiger partial charge in [-0.3, -0.25) is 14.2 Å². The summed E-state index contributed by atoms with van der Waals surface area (Å²) in [5, 5.41) is 6.33. The number of carbonyl (C=O) groups excluding carboxylic acids is 1. The van der Waals surface area contributed by atoms with Gasteiger partial charge in [-0.2, -0.15) is 0 Å². The van der Waals surface area contributed by atoms with Crippen molar-refractivity contribution in [2.45, 2.75) is 27.2 Å². The molecule has 2 heterocycles. The van der Waals surface area contributed by atoms with E-state index < -0.39 is 0 Å². The third-order valence-corrected chi connectivity index (χ3v) is 4.07. The molecule has 1 aromatic carbocycles. The van der Waals surface area contributed by atoms with E-state index in [0.717, 1.165) is 22.7 Å². The van der Waals surface area contributed by atoms with Crippen molar-refractivity contribution in [2.24, 2.45) is 5.92 Å². The molecule has 0 atom stereocenters. The number of aromatic nitrogens is 3. The highest BCUT2D eigenvalue weighted by Gasteiger charge is 2.14. The van der Waals surface area contributed by atoms with Crippen molar-refractivity contribution in [1.82, 2.24) is 19.7 Å². The number of imidazole rings is 1. The fourth-order valence-electron chi connectivity index (χ4n) is 2.77. The van der Waals surface area contributed by atoms with Gasteiger partial charge < -0.3 is 10.6 Å². The van der Waals surface area contributed by atoms with Gasteiger partial charge in [0.15, 0.2) is 5.65 Å². The van der Waals surface area contributed by atoms with Gasteiger partial charge in [0.2, 0.25) is 5.91 Å². The van der Waals surface area contributed by atoms with Gasteiger partial charge in [0.25, 0.3) is 0 Å². The first-order valence-corrected chi connectivity index (χ1v) is 8.94. The molecule has 1 amide bonds. The highest BCUT2D eigenvalue weighted by molar-refractivity contribution is 5.78. The molecule has 0 aliphatic heterocycles. The Hall–Kier alpha value is -2.89. The van der Waals surface area contributed by atoms with Gasteiger partial charge >= 0.3 is 0 Å². The molecule has 3 aromatic rings. The Morgan fingerprint density at radius 2 is 2.15 bits per heavy atom. The van der Waals surface area contributed by atoms with Crippen molar-refractivity contribution in [3.63, 3.8) is 0 Å². The molecule has 136 valence electrons. The van der Waals surface area contributed by atoms with Crippen LogP contribution in [0.25, 0.3) is 16.9 Å². The minimum absolute atomic E-state index is 0.0544. The second-order valence-corrected chi connectivity index (χ2v) is 6.86. The van der Waals surface area contributed by atoms with Crippen LogP contribution in [0, 0.1) is 12.8 Å². The van der Waals surface area contributed by atoms with E-state index in [4.69, 9.17) is 4.98 Å². The molecule has 0 aliphatic carbocycles. The van der Waals surface area contributed by atoms with Crippen LogP contribution < -0.4 is 10.6 Å². The summed E-state index contributed by atoms with van der Waals surface area (Å²) < 4.78 is 1.97. The maximum absolute atomic E-state index is 12.0. The van der Waals surface area contributed by atoms with Gasteiger partial charge in [-0.25, -0.2) is 4.98 Å². The smallest absolute Gasteiger partial charge is 0.221 e. The zero-order chi connectivity index (χ0) is 18.5. The van der Waals surface area contributed by atoms with Gasteiger partial charge in [0.1, 0.15) is 11.5 Å². The van der Waals surface area contributed by atoms with Crippen molar-refractivity contribution in [3.8, 4) is 11.3 Å². The molecule has 0 saturated heterocycles. The SMILES string of the molecule is Cc1cccc(-c2nc3cnccn3c2NCCC(=O)NCC(C)C)c1. The second-order valence-electron chi connectivity index (χ2n) is 6.86. The van der Waals surface area contributed by atoms with E-state index in [9.17, 15) is 4.79 Å². The summed E-state index contributed by atoms with van der Waals surface area (Å²) >= 11 is 0. The fraction of sp³-hybridized carbons (Fsp3) is 0.350. The number of aryl methyl sites for hydroxylation is 1. The molecular weight excluding hydrogens is 326 g/mol. The Kier molecular flexibility index (Phi) is 5.51. The van der Waals surface area contributed by atoms with Crippen LogP contribution in [0.1, 0.15) is 25.8 Å². The quantitative estimate of drug-likeness (QED) is 0.685. The number of fused-ring (bicyclic) bond motifs is 1. The Bertz CT molecular complexity index is 900. The molecule has 0 aliphatic rings. The molecule has 6 heteroatoms. The summed E-state index contributed by atoms with van der Waals surface area (Å²) in [7, 11) is 0. The van der Waals surface area contributed by atoms with Crippen molar-refractivity contribution >= 4 is 17.4 Å². The number of hydrogen-bond donors (Lipinski definition) is 2. The van der Waals surface area contributed by atoms with Crippen LogP contribution >= 0.6 is 0 Å². The largest absolute Gasteiger partial charge is 0.369 e. The summed E-state index contributed by atoms with van der Waals surface area (Å²) in [6.07, 6.45) is 5.76. The Morgan fingerprint density at radius 1 is 1.31 bits per heavy atom. The molecule has 2 aromatic heterocycles. The number of nitrogens with zero attached hydrogens (tertiary/aromatic N) is 3. The van der Waals surface area contributed by atoms with Crippen molar-refractivity contribution in [1.29, 1.82) is 0 Å². The summed E-state index contributed by atoms with van der Waals surface area (Å²) in [6.45, 7) is 7.47. The Morgan fingerprint density at radius 3 is 2.92 bits per heavy atom. The molecule has 0 unspecified atom stereocenters. The summed E-state index contributed by atoms with van der Waals surface area (Å²) in [6, 6.07) is 8.24. The van der Waals surface area contributed by atoms with E-state index >= 15 is 0 Å². The molecule has 0 bridgehead atoms. The van der Waals surface area contributed by atoms with E-state index in [1.807, 2.05) is 22.7 Å². The first-order valence-electron chi connectivity index (χ1n) is 8.94. The first kappa shape index (κ1) is 17.9. The van der Waals surface area contributed by atoms with Gasteiger partial charge in [-0.15, -0.1) is 0 Å². The lowest BCUT2D eigenvalue weighted by Gasteiger charge is -2.10. The van der Waals surface area contributed by atoms with Crippen molar-refractivity contribution in [2.75, 3.05) is 18.4 Å². The molecule has 26 heavy (non-hydrogen) atoms. The molecule has 2 N–H and O–H groups in total. The highest BCUT2D eigenvalue weighted by Crippen LogP contribution is 2.28. The maximum Gasteiger partial charge on any atom is 0.221 e. The predicted molar refractivity (Wildman–Crippen MR) is 104 cm³/mol. The highest BCUT2D eigenvalue weighted by atomic mass is 16.1. The van der Waals surface area contributed by atoms with Crippen LogP contribution in [0.2, 0.25) is 0 Å². The van der Waals surface area contributed by atoms with Crippen LogP contribution in [0.15, 0.2) is 42.9 Å². The zero-order valence-corrected chi connectivity index (χ0v) is 15.5. The van der Waals surface area contributed by atoms with Crippen molar-refractivity contribution in [3.05, 3.63) is 48.4 Å².